The highest BCUT2D eigenvalue weighted by molar-refractivity contribution is 6.04. The molecule has 33 heavy (non-hydrogen) atoms. The van der Waals surface area contributed by atoms with Gasteiger partial charge in [0.05, 0.1) is 32.0 Å². The van der Waals surface area contributed by atoms with Crippen LogP contribution < -0.4 is 20.1 Å². The van der Waals surface area contributed by atoms with E-state index in [1.165, 1.54) is 33.4 Å². The topological polar surface area (TPSA) is 123 Å². The van der Waals surface area contributed by atoms with E-state index in [9.17, 15) is 19.2 Å². The molecule has 184 valence electrons. The third-order valence-corrected chi connectivity index (χ3v) is 4.32. The summed E-state index contributed by atoms with van der Waals surface area (Å²) in [6.07, 6.45) is 0. The number of rotatable bonds is 8. The summed E-state index contributed by atoms with van der Waals surface area (Å²) in [4.78, 5) is 50.8. The van der Waals surface area contributed by atoms with E-state index in [-0.39, 0.29) is 35.4 Å². The summed E-state index contributed by atoms with van der Waals surface area (Å²) in [5.74, 6) is -1.52. The number of esters is 1. The van der Waals surface area contributed by atoms with Crippen LogP contribution in [0.25, 0.3) is 0 Å². The van der Waals surface area contributed by atoms with Gasteiger partial charge in [-0.2, -0.15) is 0 Å². The lowest BCUT2D eigenvalue weighted by Crippen LogP contribution is -2.46. The number of nitrogens with zero attached hydrogens (tertiary/aromatic N) is 1. The minimum absolute atomic E-state index is 0.00817. The van der Waals surface area contributed by atoms with Crippen LogP contribution in [0.3, 0.4) is 0 Å². The van der Waals surface area contributed by atoms with Gasteiger partial charge in [0.2, 0.25) is 11.8 Å². The van der Waals surface area contributed by atoms with Gasteiger partial charge in [-0.25, -0.2) is 4.79 Å². The molecule has 3 amide bonds. The van der Waals surface area contributed by atoms with Crippen LogP contribution in [-0.4, -0.2) is 68.5 Å². The van der Waals surface area contributed by atoms with Crippen LogP contribution in [0, 0.1) is 5.41 Å². The van der Waals surface area contributed by atoms with Crippen molar-refractivity contribution >= 4 is 29.4 Å². The van der Waals surface area contributed by atoms with Gasteiger partial charge >= 0.3 is 5.97 Å². The Hall–Kier alpha value is -3.30. The van der Waals surface area contributed by atoms with E-state index < -0.39 is 29.4 Å². The molecule has 0 aliphatic carbocycles. The molecular formula is C23H35N3O7. The van der Waals surface area contributed by atoms with Gasteiger partial charge in [-0.1, -0.05) is 20.8 Å². The second-order valence-electron chi connectivity index (χ2n) is 9.58. The lowest BCUT2D eigenvalue weighted by atomic mass is 9.95. The molecule has 10 heteroatoms. The maximum Gasteiger partial charge on any atom is 0.340 e. The smallest absolute Gasteiger partial charge is 0.340 e. The number of ether oxygens (including phenoxy) is 3. The molecule has 0 unspecified atom stereocenters. The Morgan fingerprint density at radius 1 is 0.939 bits per heavy atom. The monoisotopic (exact) mass is 465 g/mol. The number of hydrogen-bond donors (Lipinski definition) is 2. The molecule has 0 saturated heterocycles. The Balaban J connectivity index is 3.00. The minimum atomic E-state index is -0.846. The predicted molar refractivity (Wildman–Crippen MR) is 123 cm³/mol. The highest BCUT2D eigenvalue weighted by Gasteiger charge is 2.26. The van der Waals surface area contributed by atoms with E-state index in [2.05, 4.69) is 10.6 Å². The van der Waals surface area contributed by atoms with Gasteiger partial charge < -0.3 is 29.7 Å². The predicted octanol–water partition coefficient (Wildman–Crippen LogP) is 2.22. The van der Waals surface area contributed by atoms with Crippen molar-refractivity contribution in [3.8, 4) is 11.5 Å². The maximum absolute atomic E-state index is 12.8. The summed E-state index contributed by atoms with van der Waals surface area (Å²) in [6.45, 7) is 9.90. The normalized spacial score (nSPS) is 11.3. The number of anilines is 1. The summed E-state index contributed by atoms with van der Waals surface area (Å²) >= 11 is 0. The van der Waals surface area contributed by atoms with Gasteiger partial charge in [0.25, 0.3) is 5.91 Å². The molecule has 2 N–H and O–H groups in total. The van der Waals surface area contributed by atoms with Crippen LogP contribution in [0.1, 0.15) is 51.9 Å². The molecule has 0 spiro atoms. The zero-order valence-corrected chi connectivity index (χ0v) is 20.9. The fourth-order valence-electron chi connectivity index (χ4n) is 2.54. The Kier molecular flexibility index (Phi) is 9.26. The Labute approximate surface area is 194 Å². The van der Waals surface area contributed by atoms with E-state index in [1.807, 2.05) is 20.8 Å². The molecule has 0 aliphatic rings. The number of carbonyl (C=O) groups excluding carboxylic acids is 4. The largest absolute Gasteiger partial charge is 0.493 e. The molecule has 0 fully saturated rings. The molecule has 1 aromatic carbocycles. The first kappa shape index (κ1) is 27.7. The van der Waals surface area contributed by atoms with E-state index in [0.717, 1.165) is 4.90 Å². The number of carbonyl (C=O) groups is 4. The van der Waals surface area contributed by atoms with Crippen LogP contribution in [0.2, 0.25) is 0 Å². The summed E-state index contributed by atoms with van der Waals surface area (Å²) in [5.41, 5.74) is -1.01. The first-order valence-electron chi connectivity index (χ1n) is 10.4. The van der Waals surface area contributed by atoms with E-state index in [4.69, 9.17) is 14.2 Å². The molecule has 1 rings (SSSR count). The van der Waals surface area contributed by atoms with E-state index in [0.29, 0.717) is 5.75 Å². The molecular weight excluding hydrogens is 430 g/mol. The number of nitrogens with one attached hydrogen (secondary N) is 2. The Morgan fingerprint density at radius 3 is 1.97 bits per heavy atom. The average molecular weight is 466 g/mol. The van der Waals surface area contributed by atoms with Gasteiger partial charge in [0, 0.05) is 30.1 Å². The van der Waals surface area contributed by atoms with E-state index in [1.54, 1.807) is 20.8 Å². The number of methoxy groups -OCH3 is 2. The van der Waals surface area contributed by atoms with Crippen molar-refractivity contribution in [2.45, 2.75) is 47.1 Å². The molecule has 10 nitrogen and oxygen atoms in total. The highest BCUT2D eigenvalue weighted by Crippen LogP contribution is 2.34. The summed E-state index contributed by atoms with van der Waals surface area (Å²) in [6, 6.07) is 2.81. The molecule has 0 radical (unpaired) electrons. The van der Waals surface area contributed by atoms with Crippen LogP contribution in [0.15, 0.2) is 12.1 Å². The van der Waals surface area contributed by atoms with Gasteiger partial charge in [0.15, 0.2) is 18.1 Å². The van der Waals surface area contributed by atoms with Gasteiger partial charge in [0.1, 0.15) is 0 Å². The third-order valence-electron chi connectivity index (χ3n) is 4.32. The van der Waals surface area contributed by atoms with Crippen LogP contribution in [0.4, 0.5) is 5.69 Å². The Bertz CT molecular complexity index is 899. The maximum atomic E-state index is 12.8. The first-order valence-corrected chi connectivity index (χ1v) is 10.4. The quantitative estimate of drug-likeness (QED) is 0.564. The minimum Gasteiger partial charge on any atom is -0.493 e. The average Bonchev–Trinajstić information content (AvgIpc) is 2.68. The standard InChI is InChI=1S/C23H35N3O7/c1-22(2,3)21(30)24-15-11-17(32-9)16(31-8)10-14(15)20(29)33-13-19(28)26(7)12-18(27)25-23(4,5)6/h10-11H,12-13H2,1-9H3,(H,24,30)(H,25,27). The second-order valence-corrected chi connectivity index (χ2v) is 9.58. The lowest BCUT2D eigenvalue weighted by molar-refractivity contribution is -0.137. The number of hydrogen-bond acceptors (Lipinski definition) is 7. The van der Waals surface area contributed by atoms with Gasteiger partial charge in [-0.05, 0) is 20.8 Å². The van der Waals surface area contributed by atoms with Crippen molar-refractivity contribution < 1.29 is 33.4 Å². The zero-order valence-electron chi connectivity index (χ0n) is 20.9. The molecule has 1 aromatic rings. The summed E-state index contributed by atoms with van der Waals surface area (Å²) in [7, 11) is 4.26. The molecule has 0 aromatic heterocycles. The van der Waals surface area contributed by atoms with Gasteiger partial charge in [-0.3, -0.25) is 14.4 Å². The van der Waals surface area contributed by atoms with Crippen molar-refractivity contribution in [2.75, 3.05) is 39.7 Å². The van der Waals surface area contributed by atoms with Crippen molar-refractivity contribution in [3.63, 3.8) is 0 Å². The fraction of sp³-hybridized carbons (Fsp3) is 0.565. The van der Waals surface area contributed by atoms with Crippen molar-refractivity contribution in [3.05, 3.63) is 17.7 Å². The Morgan fingerprint density at radius 2 is 1.48 bits per heavy atom. The SMILES string of the molecule is COc1cc(NC(=O)C(C)(C)C)c(C(=O)OCC(=O)N(C)CC(=O)NC(C)(C)C)cc1OC. The first-order chi connectivity index (χ1) is 15.1. The number of benzene rings is 1. The lowest BCUT2D eigenvalue weighted by Gasteiger charge is -2.23. The highest BCUT2D eigenvalue weighted by atomic mass is 16.5. The summed E-state index contributed by atoms with van der Waals surface area (Å²) in [5, 5.41) is 5.44. The van der Waals surface area contributed by atoms with Crippen LogP contribution >= 0.6 is 0 Å². The molecule has 0 heterocycles. The van der Waals surface area contributed by atoms with E-state index >= 15 is 0 Å². The van der Waals surface area contributed by atoms with Crippen LogP contribution in [-0.2, 0) is 19.1 Å². The molecule has 0 saturated carbocycles. The zero-order chi connectivity index (χ0) is 25.6. The summed E-state index contributed by atoms with van der Waals surface area (Å²) < 4.78 is 15.7. The fourth-order valence-corrected chi connectivity index (χ4v) is 2.54. The van der Waals surface area contributed by atoms with Crippen molar-refractivity contribution in [1.29, 1.82) is 0 Å². The number of amides is 3. The molecule has 0 bridgehead atoms. The molecule has 0 aliphatic heterocycles. The second kappa shape index (κ2) is 11.0. The molecule has 0 atom stereocenters. The van der Waals surface area contributed by atoms with Gasteiger partial charge in [-0.15, -0.1) is 0 Å². The van der Waals surface area contributed by atoms with Crippen molar-refractivity contribution in [2.24, 2.45) is 5.41 Å². The third kappa shape index (κ3) is 8.63. The number of likely N-dealkylation sites (N-methyl/N-ethyl adjacent to an activating group) is 1. The van der Waals surface area contributed by atoms with Crippen LogP contribution in [0.5, 0.6) is 11.5 Å². The van der Waals surface area contributed by atoms with Crippen molar-refractivity contribution in [1.82, 2.24) is 10.2 Å².